The van der Waals surface area contributed by atoms with Crippen molar-refractivity contribution >= 4 is 0 Å². The molecule has 106 valence electrons. The van der Waals surface area contributed by atoms with Gasteiger partial charge >= 0.3 is 0 Å². The quantitative estimate of drug-likeness (QED) is 0.663. The molecule has 1 aromatic carbocycles. The molecule has 4 nitrogen and oxygen atoms in total. The first-order valence-electron chi connectivity index (χ1n) is 6.60. The number of hydrazine groups is 1. The summed E-state index contributed by atoms with van der Waals surface area (Å²) in [4.78, 5) is 4.24. The van der Waals surface area contributed by atoms with Gasteiger partial charge in [0.1, 0.15) is 5.75 Å². The summed E-state index contributed by atoms with van der Waals surface area (Å²) in [6.07, 6.45) is 3.65. The monoisotopic (exact) mass is 271 g/mol. The van der Waals surface area contributed by atoms with Crippen molar-refractivity contribution in [3.63, 3.8) is 0 Å². The molecule has 4 heteroatoms. The third-order valence-corrected chi connectivity index (χ3v) is 3.62. The van der Waals surface area contributed by atoms with E-state index in [4.69, 9.17) is 10.6 Å². The largest absolute Gasteiger partial charge is 0.496 e. The number of ether oxygens (including phenoxy) is 1. The van der Waals surface area contributed by atoms with E-state index in [-0.39, 0.29) is 6.04 Å². The van der Waals surface area contributed by atoms with Gasteiger partial charge in [-0.1, -0.05) is 18.2 Å². The number of nitrogens with one attached hydrogen (secondary N) is 1. The topological polar surface area (TPSA) is 60.2 Å². The van der Waals surface area contributed by atoms with Crippen LogP contribution in [0, 0.1) is 20.8 Å². The van der Waals surface area contributed by atoms with Gasteiger partial charge in [0.2, 0.25) is 0 Å². The second-order valence-corrected chi connectivity index (χ2v) is 5.03. The zero-order valence-electron chi connectivity index (χ0n) is 12.4. The molecule has 0 bridgehead atoms. The summed E-state index contributed by atoms with van der Waals surface area (Å²) in [6.45, 7) is 6.14. The van der Waals surface area contributed by atoms with Crippen molar-refractivity contribution in [2.45, 2.75) is 26.8 Å². The van der Waals surface area contributed by atoms with Crippen LogP contribution in [-0.2, 0) is 0 Å². The molecule has 2 rings (SSSR count). The highest BCUT2D eigenvalue weighted by atomic mass is 16.5. The van der Waals surface area contributed by atoms with Gasteiger partial charge in [0.05, 0.1) is 13.2 Å². The molecule has 0 saturated carbocycles. The van der Waals surface area contributed by atoms with Crippen LogP contribution in [-0.4, -0.2) is 12.1 Å². The molecule has 0 amide bonds. The number of methoxy groups -OCH3 is 1. The first kappa shape index (κ1) is 14.5. The molecule has 1 atom stereocenters. The summed E-state index contributed by atoms with van der Waals surface area (Å²) in [5, 5.41) is 0. The number of nitrogens with zero attached hydrogens (tertiary/aromatic N) is 1. The van der Waals surface area contributed by atoms with Gasteiger partial charge in [0.25, 0.3) is 0 Å². The Balaban J connectivity index is 2.55. The molecule has 0 saturated heterocycles. The highest BCUT2D eigenvalue weighted by Crippen LogP contribution is 2.33. The highest BCUT2D eigenvalue weighted by molar-refractivity contribution is 5.49. The molecule has 1 unspecified atom stereocenters. The van der Waals surface area contributed by atoms with Crippen LogP contribution in [0.15, 0.2) is 30.6 Å². The number of aryl methyl sites for hydroxylation is 2. The smallest absolute Gasteiger partial charge is 0.127 e. The van der Waals surface area contributed by atoms with E-state index in [9.17, 15) is 0 Å². The van der Waals surface area contributed by atoms with E-state index >= 15 is 0 Å². The predicted octanol–water partition coefficient (Wildman–Crippen LogP) is 2.57. The lowest BCUT2D eigenvalue weighted by Gasteiger charge is -2.21. The average molecular weight is 271 g/mol. The van der Waals surface area contributed by atoms with Crippen LogP contribution in [0.3, 0.4) is 0 Å². The van der Waals surface area contributed by atoms with Crippen LogP contribution >= 0.6 is 0 Å². The Morgan fingerprint density at radius 3 is 2.55 bits per heavy atom. The van der Waals surface area contributed by atoms with Crippen molar-refractivity contribution in [2.75, 3.05) is 7.11 Å². The van der Waals surface area contributed by atoms with E-state index < -0.39 is 0 Å². The normalized spacial score (nSPS) is 12.2. The van der Waals surface area contributed by atoms with Crippen LogP contribution in [0.1, 0.15) is 33.9 Å². The minimum atomic E-state index is -0.142. The lowest BCUT2D eigenvalue weighted by molar-refractivity contribution is 0.400. The summed E-state index contributed by atoms with van der Waals surface area (Å²) < 4.78 is 5.58. The van der Waals surface area contributed by atoms with Crippen LogP contribution in [0.2, 0.25) is 0 Å². The van der Waals surface area contributed by atoms with E-state index in [1.165, 1.54) is 5.56 Å². The number of benzene rings is 1. The van der Waals surface area contributed by atoms with E-state index in [2.05, 4.69) is 36.4 Å². The van der Waals surface area contributed by atoms with Gasteiger partial charge in [-0.3, -0.25) is 10.8 Å². The molecule has 0 aliphatic heterocycles. The van der Waals surface area contributed by atoms with Crippen LogP contribution in [0.4, 0.5) is 0 Å². The molecular weight excluding hydrogens is 250 g/mol. The Hall–Kier alpha value is -1.91. The summed E-state index contributed by atoms with van der Waals surface area (Å²) in [5.41, 5.74) is 8.34. The van der Waals surface area contributed by atoms with Crippen LogP contribution in [0.5, 0.6) is 5.75 Å². The molecule has 1 aromatic heterocycles. The van der Waals surface area contributed by atoms with Crippen molar-refractivity contribution in [3.05, 3.63) is 58.4 Å². The predicted molar refractivity (Wildman–Crippen MR) is 80.6 cm³/mol. The van der Waals surface area contributed by atoms with Gasteiger partial charge in [-0.15, -0.1) is 0 Å². The molecule has 2 aromatic rings. The van der Waals surface area contributed by atoms with Gasteiger partial charge in [-0.25, -0.2) is 5.43 Å². The SMILES string of the molecule is COc1c(C(NN)c2cncc(C)c2)ccc(C)c1C. The Kier molecular flexibility index (Phi) is 4.37. The Morgan fingerprint density at radius 2 is 1.95 bits per heavy atom. The fraction of sp³-hybridized carbons (Fsp3) is 0.312. The Morgan fingerprint density at radius 1 is 1.20 bits per heavy atom. The van der Waals surface area contributed by atoms with Crippen molar-refractivity contribution in [3.8, 4) is 5.75 Å². The molecule has 20 heavy (non-hydrogen) atoms. The number of aromatic nitrogens is 1. The van der Waals surface area contributed by atoms with Crippen LogP contribution in [0.25, 0.3) is 0 Å². The first-order valence-corrected chi connectivity index (χ1v) is 6.60. The van der Waals surface area contributed by atoms with E-state index in [1.54, 1.807) is 7.11 Å². The Bertz CT molecular complexity index is 611. The number of hydrogen-bond donors (Lipinski definition) is 2. The van der Waals surface area contributed by atoms with Crippen molar-refractivity contribution in [1.29, 1.82) is 0 Å². The second kappa shape index (κ2) is 6.03. The number of hydrogen-bond acceptors (Lipinski definition) is 4. The molecule has 0 aliphatic rings. The fourth-order valence-electron chi connectivity index (χ4n) is 2.41. The molecule has 3 N–H and O–H groups in total. The lowest BCUT2D eigenvalue weighted by atomic mass is 9.95. The molecule has 0 aliphatic carbocycles. The van der Waals surface area contributed by atoms with Crippen LogP contribution < -0.4 is 16.0 Å². The number of pyridine rings is 1. The van der Waals surface area contributed by atoms with Gasteiger partial charge in [-0.2, -0.15) is 0 Å². The molecule has 0 radical (unpaired) electrons. The van der Waals surface area contributed by atoms with Gasteiger partial charge in [0, 0.05) is 18.0 Å². The van der Waals surface area contributed by atoms with E-state index in [0.717, 1.165) is 28.0 Å². The van der Waals surface area contributed by atoms with E-state index in [0.29, 0.717) is 0 Å². The number of rotatable bonds is 4. The summed E-state index contributed by atoms with van der Waals surface area (Å²) in [7, 11) is 1.69. The zero-order chi connectivity index (χ0) is 14.7. The third kappa shape index (κ3) is 2.66. The zero-order valence-corrected chi connectivity index (χ0v) is 12.4. The maximum absolute atomic E-state index is 5.77. The molecule has 0 spiro atoms. The maximum Gasteiger partial charge on any atom is 0.127 e. The standard InChI is InChI=1S/C16H21N3O/c1-10-7-13(9-18-8-10)15(19-17)14-6-5-11(2)12(3)16(14)20-4/h5-9,15,19H,17H2,1-4H3. The first-order chi connectivity index (χ1) is 9.58. The summed E-state index contributed by atoms with van der Waals surface area (Å²) >= 11 is 0. The molecule has 0 fully saturated rings. The minimum absolute atomic E-state index is 0.142. The summed E-state index contributed by atoms with van der Waals surface area (Å²) in [5.74, 6) is 6.64. The highest BCUT2D eigenvalue weighted by Gasteiger charge is 2.19. The Labute approximate surface area is 120 Å². The molecule has 1 heterocycles. The van der Waals surface area contributed by atoms with Crippen molar-refractivity contribution in [1.82, 2.24) is 10.4 Å². The van der Waals surface area contributed by atoms with Gasteiger partial charge in [0.15, 0.2) is 0 Å². The van der Waals surface area contributed by atoms with E-state index in [1.807, 2.05) is 25.4 Å². The average Bonchev–Trinajstić information content (AvgIpc) is 2.44. The third-order valence-electron chi connectivity index (χ3n) is 3.62. The molecular formula is C16H21N3O. The number of nitrogens with two attached hydrogens (primary N) is 1. The lowest BCUT2D eigenvalue weighted by Crippen LogP contribution is -2.29. The summed E-state index contributed by atoms with van der Waals surface area (Å²) in [6, 6.07) is 6.07. The van der Waals surface area contributed by atoms with Gasteiger partial charge < -0.3 is 4.74 Å². The maximum atomic E-state index is 5.77. The minimum Gasteiger partial charge on any atom is -0.496 e. The van der Waals surface area contributed by atoms with Crippen molar-refractivity contribution in [2.24, 2.45) is 5.84 Å². The second-order valence-electron chi connectivity index (χ2n) is 5.03. The fourth-order valence-corrected chi connectivity index (χ4v) is 2.41. The van der Waals surface area contributed by atoms with Crippen molar-refractivity contribution < 1.29 is 4.74 Å². The van der Waals surface area contributed by atoms with Gasteiger partial charge in [-0.05, 0) is 43.0 Å².